The summed E-state index contributed by atoms with van der Waals surface area (Å²) in [5.41, 5.74) is 0.224. The molecule has 4 aliphatic rings. The molecule has 0 aliphatic heterocycles. The Morgan fingerprint density at radius 1 is 1.07 bits per heavy atom. The molecule has 0 aromatic carbocycles. The Labute approximate surface area is 162 Å². The lowest BCUT2D eigenvalue weighted by Crippen LogP contribution is -2.57. The van der Waals surface area contributed by atoms with E-state index in [1.807, 2.05) is 13.0 Å². The van der Waals surface area contributed by atoms with Crippen LogP contribution in [0.5, 0.6) is 0 Å². The lowest BCUT2D eigenvalue weighted by Gasteiger charge is -2.60. The fourth-order valence-corrected chi connectivity index (χ4v) is 7.46. The van der Waals surface area contributed by atoms with E-state index < -0.39 is 5.41 Å². The van der Waals surface area contributed by atoms with Crippen LogP contribution in [0.15, 0.2) is 11.6 Å². The maximum absolute atomic E-state index is 13.4. The highest BCUT2D eigenvalue weighted by atomic mass is 16.5. The molecule has 0 aromatic rings. The number of hydrogen-bond acceptors (Lipinski definition) is 4. The quantitative estimate of drug-likeness (QED) is 0.679. The van der Waals surface area contributed by atoms with Crippen molar-refractivity contribution in [2.24, 2.45) is 34.5 Å². The molecule has 0 amide bonds. The van der Waals surface area contributed by atoms with Crippen LogP contribution in [0, 0.1) is 34.5 Å². The Morgan fingerprint density at radius 3 is 2.44 bits per heavy atom. The van der Waals surface area contributed by atoms with Crippen molar-refractivity contribution < 1.29 is 19.1 Å². The Balaban J connectivity index is 1.64. The van der Waals surface area contributed by atoms with E-state index in [2.05, 4.69) is 6.92 Å². The number of esters is 1. The van der Waals surface area contributed by atoms with E-state index in [0.717, 1.165) is 37.7 Å². The average Bonchev–Trinajstić information content (AvgIpc) is 2.94. The number of rotatable bonds is 2. The average molecular weight is 373 g/mol. The standard InChI is InChI=1S/C23H32O4/c1-13(24)18-9-10-19-17-8-6-15-5-7-16(27-14(2)25)12-22(15,3)20(17)11-21(26)23(18,19)4/h9,15-17,19-20H,5-8,10-12H2,1-4H3/t15-,16?,17+,19+,20+,22+,23-/m1/s1. The number of carbonyl (C=O) groups is 3. The van der Waals surface area contributed by atoms with Gasteiger partial charge < -0.3 is 4.74 Å². The summed E-state index contributed by atoms with van der Waals surface area (Å²) in [6.45, 7) is 7.45. The molecule has 0 heterocycles. The molecular weight excluding hydrogens is 340 g/mol. The minimum absolute atomic E-state index is 0.0135. The minimum Gasteiger partial charge on any atom is -0.463 e. The Morgan fingerprint density at radius 2 is 1.78 bits per heavy atom. The van der Waals surface area contributed by atoms with Crippen molar-refractivity contribution in [3.05, 3.63) is 11.6 Å². The van der Waals surface area contributed by atoms with E-state index in [0.29, 0.717) is 24.2 Å². The van der Waals surface area contributed by atoms with Gasteiger partial charge in [-0.15, -0.1) is 0 Å². The van der Waals surface area contributed by atoms with Crippen molar-refractivity contribution in [2.75, 3.05) is 0 Å². The van der Waals surface area contributed by atoms with E-state index >= 15 is 0 Å². The molecule has 1 unspecified atom stereocenters. The van der Waals surface area contributed by atoms with Crippen LogP contribution in [0.4, 0.5) is 0 Å². The predicted octanol–water partition coefficient (Wildman–Crippen LogP) is 4.27. The summed E-state index contributed by atoms with van der Waals surface area (Å²) in [6, 6.07) is 0. The third-order valence-corrected chi connectivity index (χ3v) is 8.74. The second-order valence-corrected chi connectivity index (χ2v) is 9.91. The van der Waals surface area contributed by atoms with E-state index in [1.54, 1.807) is 6.92 Å². The van der Waals surface area contributed by atoms with Crippen molar-refractivity contribution >= 4 is 17.5 Å². The van der Waals surface area contributed by atoms with Gasteiger partial charge in [-0.2, -0.15) is 0 Å². The Bertz CT molecular complexity index is 722. The minimum atomic E-state index is -0.583. The maximum atomic E-state index is 13.4. The molecule has 4 aliphatic carbocycles. The number of allylic oxidation sites excluding steroid dienone is 2. The maximum Gasteiger partial charge on any atom is 0.302 e. The van der Waals surface area contributed by atoms with Gasteiger partial charge in [-0.05, 0) is 81.5 Å². The van der Waals surface area contributed by atoms with Gasteiger partial charge in [0.2, 0.25) is 0 Å². The summed E-state index contributed by atoms with van der Waals surface area (Å²) in [5, 5.41) is 0. The van der Waals surface area contributed by atoms with Gasteiger partial charge in [0.05, 0.1) is 5.41 Å². The molecule has 0 radical (unpaired) electrons. The zero-order chi connectivity index (χ0) is 19.6. The molecule has 4 rings (SSSR count). The van der Waals surface area contributed by atoms with Crippen molar-refractivity contribution in [1.29, 1.82) is 0 Å². The lowest BCUT2D eigenvalue weighted by atomic mass is 9.44. The molecule has 0 saturated heterocycles. The highest BCUT2D eigenvalue weighted by Gasteiger charge is 2.62. The normalized spacial score (nSPS) is 46.0. The van der Waals surface area contributed by atoms with E-state index in [1.165, 1.54) is 13.3 Å². The van der Waals surface area contributed by atoms with E-state index in [9.17, 15) is 14.4 Å². The third-order valence-electron chi connectivity index (χ3n) is 8.74. The predicted molar refractivity (Wildman–Crippen MR) is 102 cm³/mol. The van der Waals surface area contributed by atoms with Crippen molar-refractivity contribution in [3.8, 4) is 0 Å². The highest BCUT2D eigenvalue weighted by molar-refractivity contribution is 6.04. The number of fused-ring (bicyclic) bond motifs is 5. The van der Waals surface area contributed by atoms with Gasteiger partial charge in [-0.1, -0.05) is 13.0 Å². The van der Waals surface area contributed by atoms with E-state index in [-0.39, 0.29) is 35.0 Å². The van der Waals surface area contributed by atoms with Gasteiger partial charge in [-0.3, -0.25) is 14.4 Å². The molecule has 0 bridgehead atoms. The van der Waals surface area contributed by atoms with Crippen molar-refractivity contribution in [2.45, 2.75) is 78.7 Å². The zero-order valence-corrected chi connectivity index (χ0v) is 17.0. The summed E-state index contributed by atoms with van der Waals surface area (Å²) in [4.78, 5) is 37.0. The molecule has 4 nitrogen and oxygen atoms in total. The summed E-state index contributed by atoms with van der Waals surface area (Å²) in [6.07, 6.45) is 8.73. The van der Waals surface area contributed by atoms with Crippen LogP contribution >= 0.6 is 0 Å². The topological polar surface area (TPSA) is 60.4 Å². The van der Waals surface area contributed by atoms with Crippen LogP contribution < -0.4 is 0 Å². The fraction of sp³-hybridized carbons (Fsp3) is 0.783. The van der Waals surface area contributed by atoms with Gasteiger partial charge in [0.15, 0.2) is 5.78 Å². The summed E-state index contributed by atoms with van der Waals surface area (Å²) in [7, 11) is 0. The van der Waals surface area contributed by atoms with Gasteiger partial charge in [0, 0.05) is 18.9 Å². The molecule has 27 heavy (non-hydrogen) atoms. The molecule has 3 fully saturated rings. The first kappa shape index (κ1) is 18.9. The first-order chi connectivity index (χ1) is 12.7. The molecule has 148 valence electrons. The van der Waals surface area contributed by atoms with Crippen LogP contribution in [0.2, 0.25) is 0 Å². The fourth-order valence-electron chi connectivity index (χ4n) is 7.46. The number of Topliss-reactive ketones (excluding diaryl/α,β-unsaturated/α-hetero) is 2. The number of carbonyl (C=O) groups excluding carboxylic acids is 3. The summed E-state index contributed by atoms with van der Waals surface area (Å²) in [5.74, 6) is 1.81. The zero-order valence-electron chi connectivity index (χ0n) is 17.0. The SMILES string of the molecule is CC(=O)OC1CC[C@@H]2CC[C@H]3[C@@H]4CC=C(C(C)=O)[C@@]4(C)C(=O)C[C@@H]3[C@@]2(C)C1. The number of ketones is 2. The molecular formula is C23H32O4. The largest absolute Gasteiger partial charge is 0.463 e. The first-order valence-electron chi connectivity index (χ1n) is 10.6. The molecule has 7 atom stereocenters. The van der Waals surface area contributed by atoms with Gasteiger partial charge in [-0.25, -0.2) is 0 Å². The summed E-state index contributed by atoms with van der Waals surface area (Å²) < 4.78 is 5.59. The Kier molecular flexibility index (Phi) is 4.40. The molecule has 0 aromatic heterocycles. The number of ether oxygens (including phenoxy) is 1. The van der Waals surface area contributed by atoms with Crippen LogP contribution in [-0.4, -0.2) is 23.6 Å². The monoisotopic (exact) mass is 372 g/mol. The van der Waals surface area contributed by atoms with Gasteiger partial charge >= 0.3 is 5.97 Å². The van der Waals surface area contributed by atoms with Crippen molar-refractivity contribution in [3.63, 3.8) is 0 Å². The lowest BCUT2D eigenvalue weighted by molar-refractivity contribution is -0.166. The number of hydrogen-bond donors (Lipinski definition) is 0. The van der Waals surface area contributed by atoms with Crippen LogP contribution in [-0.2, 0) is 19.1 Å². The smallest absolute Gasteiger partial charge is 0.302 e. The van der Waals surface area contributed by atoms with Crippen LogP contribution in [0.3, 0.4) is 0 Å². The first-order valence-corrected chi connectivity index (χ1v) is 10.6. The molecule has 0 spiro atoms. The highest BCUT2D eigenvalue weighted by Crippen LogP contribution is 2.65. The Hall–Kier alpha value is -1.45. The molecule has 4 heteroatoms. The van der Waals surface area contributed by atoms with Crippen LogP contribution in [0.25, 0.3) is 0 Å². The van der Waals surface area contributed by atoms with Gasteiger partial charge in [0.25, 0.3) is 0 Å². The van der Waals surface area contributed by atoms with Crippen molar-refractivity contribution in [1.82, 2.24) is 0 Å². The van der Waals surface area contributed by atoms with Crippen LogP contribution in [0.1, 0.15) is 72.6 Å². The van der Waals surface area contributed by atoms with E-state index in [4.69, 9.17) is 4.74 Å². The molecule has 0 N–H and O–H groups in total. The second-order valence-electron chi connectivity index (χ2n) is 9.91. The summed E-state index contributed by atoms with van der Waals surface area (Å²) >= 11 is 0. The van der Waals surface area contributed by atoms with Gasteiger partial charge in [0.1, 0.15) is 11.9 Å². The third kappa shape index (κ3) is 2.66. The molecule has 3 saturated carbocycles. The second kappa shape index (κ2) is 6.28.